The van der Waals surface area contributed by atoms with Crippen LogP contribution in [0.1, 0.15) is 24.8 Å². The van der Waals surface area contributed by atoms with Gasteiger partial charge in [0.05, 0.1) is 0 Å². The average Bonchev–Trinajstić information content (AvgIpc) is 2.88. The molecule has 1 saturated carbocycles. The molecule has 4 rings (SSSR count). The molecule has 5 nitrogen and oxygen atoms in total. The second kappa shape index (κ2) is 6.55. The van der Waals surface area contributed by atoms with Crippen LogP contribution in [0.2, 0.25) is 0 Å². The standard InChI is InChI=1S/C19H26N4O/c1-21-14-16(17-6-3-8-20-18(17)21)7-9-22-10-12-23(13-11-22)19(24)15-4-2-5-15/h3,6,8,14-15H,2,4-5,7,9-13H2,1H3. The summed E-state index contributed by atoms with van der Waals surface area (Å²) in [6.45, 7) is 4.85. The molecule has 1 amide bonds. The van der Waals surface area contributed by atoms with E-state index in [1.54, 1.807) is 0 Å². The third kappa shape index (κ3) is 2.93. The number of aryl methyl sites for hydroxylation is 1. The average molecular weight is 326 g/mol. The van der Waals surface area contributed by atoms with E-state index in [1.807, 2.05) is 12.3 Å². The van der Waals surface area contributed by atoms with Crippen LogP contribution in [0.3, 0.4) is 0 Å². The highest BCUT2D eigenvalue weighted by atomic mass is 16.2. The Balaban J connectivity index is 1.31. The van der Waals surface area contributed by atoms with Crippen LogP contribution in [0.25, 0.3) is 11.0 Å². The van der Waals surface area contributed by atoms with Gasteiger partial charge < -0.3 is 9.47 Å². The minimum absolute atomic E-state index is 0.333. The first-order valence-electron chi connectivity index (χ1n) is 9.12. The smallest absolute Gasteiger partial charge is 0.225 e. The normalized spacial score (nSPS) is 19.6. The lowest BCUT2D eigenvalue weighted by Gasteiger charge is -2.38. The molecule has 0 spiro atoms. The predicted octanol–water partition coefficient (Wildman–Crippen LogP) is 2.06. The highest BCUT2D eigenvalue weighted by molar-refractivity contribution is 5.80. The number of rotatable bonds is 4. The van der Waals surface area contributed by atoms with E-state index in [2.05, 4.69) is 38.7 Å². The van der Waals surface area contributed by atoms with Crippen LogP contribution >= 0.6 is 0 Å². The highest BCUT2D eigenvalue weighted by Crippen LogP contribution is 2.28. The zero-order chi connectivity index (χ0) is 16.5. The van der Waals surface area contributed by atoms with Crippen LogP contribution in [0.4, 0.5) is 0 Å². The van der Waals surface area contributed by atoms with Crippen molar-refractivity contribution >= 4 is 16.9 Å². The zero-order valence-corrected chi connectivity index (χ0v) is 14.4. The van der Waals surface area contributed by atoms with Crippen LogP contribution in [0, 0.1) is 5.92 Å². The molecule has 2 aromatic rings. The van der Waals surface area contributed by atoms with Gasteiger partial charge in [0.25, 0.3) is 0 Å². The summed E-state index contributed by atoms with van der Waals surface area (Å²) in [6.07, 6.45) is 8.54. The first-order chi connectivity index (χ1) is 11.7. The maximum Gasteiger partial charge on any atom is 0.225 e. The molecule has 0 N–H and O–H groups in total. The molecular formula is C19H26N4O. The minimum atomic E-state index is 0.333. The molecule has 0 radical (unpaired) electrons. The molecule has 24 heavy (non-hydrogen) atoms. The topological polar surface area (TPSA) is 41.4 Å². The summed E-state index contributed by atoms with van der Waals surface area (Å²) in [5, 5.41) is 1.26. The molecule has 0 aromatic carbocycles. The number of hydrogen-bond donors (Lipinski definition) is 0. The van der Waals surface area contributed by atoms with Crippen molar-refractivity contribution in [3.05, 3.63) is 30.1 Å². The minimum Gasteiger partial charge on any atom is -0.340 e. The SMILES string of the molecule is Cn1cc(CCN2CCN(C(=O)C3CCC3)CC2)c2cccnc21. The van der Waals surface area contributed by atoms with Crippen molar-refractivity contribution in [3.8, 4) is 0 Å². The van der Waals surface area contributed by atoms with E-state index in [1.165, 1.54) is 17.4 Å². The second-order valence-corrected chi connectivity index (χ2v) is 7.18. The number of nitrogens with zero attached hydrogens (tertiary/aromatic N) is 4. The van der Waals surface area contributed by atoms with Gasteiger partial charge >= 0.3 is 0 Å². The molecule has 3 heterocycles. The summed E-state index contributed by atoms with van der Waals surface area (Å²) in [7, 11) is 2.06. The second-order valence-electron chi connectivity index (χ2n) is 7.18. The van der Waals surface area contributed by atoms with Gasteiger partial charge in [-0.25, -0.2) is 4.98 Å². The summed E-state index contributed by atoms with van der Waals surface area (Å²) in [5.41, 5.74) is 2.43. The van der Waals surface area contributed by atoms with Crippen molar-refractivity contribution in [2.75, 3.05) is 32.7 Å². The first kappa shape index (κ1) is 15.6. The number of piperazine rings is 1. The molecule has 0 atom stereocenters. The third-order valence-electron chi connectivity index (χ3n) is 5.65. The highest BCUT2D eigenvalue weighted by Gasteiger charge is 2.31. The molecule has 128 valence electrons. The van der Waals surface area contributed by atoms with Crippen LogP contribution < -0.4 is 0 Å². The van der Waals surface area contributed by atoms with E-state index in [-0.39, 0.29) is 0 Å². The summed E-state index contributed by atoms with van der Waals surface area (Å²) < 4.78 is 2.11. The number of pyridine rings is 1. The summed E-state index contributed by atoms with van der Waals surface area (Å²) in [4.78, 5) is 21.3. The Morgan fingerprint density at radius 1 is 1.25 bits per heavy atom. The lowest BCUT2D eigenvalue weighted by atomic mass is 9.84. The Morgan fingerprint density at radius 2 is 2.04 bits per heavy atom. The molecule has 0 unspecified atom stereocenters. The molecule has 2 fully saturated rings. The molecule has 0 bridgehead atoms. The maximum atomic E-state index is 12.3. The lowest BCUT2D eigenvalue weighted by molar-refractivity contribution is -0.139. The van der Waals surface area contributed by atoms with E-state index >= 15 is 0 Å². The van der Waals surface area contributed by atoms with Gasteiger partial charge in [0.2, 0.25) is 5.91 Å². The third-order valence-corrected chi connectivity index (χ3v) is 5.65. The first-order valence-corrected chi connectivity index (χ1v) is 9.12. The van der Waals surface area contributed by atoms with Crippen molar-refractivity contribution in [3.63, 3.8) is 0 Å². The fourth-order valence-electron chi connectivity index (χ4n) is 3.88. The van der Waals surface area contributed by atoms with Gasteiger partial charge in [0, 0.05) is 63.5 Å². The van der Waals surface area contributed by atoms with Crippen molar-refractivity contribution in [1.29, 1.82) is 0 Å². The van der Waals surface area contributed by atoms with Gasteiger partial charge in [0.15, 0.2) is 0 Å². The Morgan fingerprint density at radius 3 is 2.75 bits per heavy atom. The van der Waals surface area contributed by atoms with Gasteiger partial charge in [0.1, 0.15) is 5.65 Å². The molecular weight excluding hydrogens is 300 g/mol. The van der Waals surface area contributed by atoms with Crippen molar-refractivity contribution in [2.24, 2.45) is 13.0 Å². The van der Waals surface area contributed by atoms with E-state index < -0.39 is 0 Å². The van der Waals surface area contributed by atoms with Gasteiger partial charge in [-0.2, -0.15) is 0 Å². The molecule has 1 aliphatic heterocycles. The van der Waals surface area contributed by atoms with Crippen molar-refractivity contribution < 1.29 is 4.79 Å². The Kier molecular flexibility index (Phi) is 4.27. The number of aromatic nitrogens is 2. The summed E-state index contributed by atoms with van der Waals surface area (Å²) in [6, 6.07) is 4.17. The van der Waals surface area contributed by atoms with Crippen molar-refractivity contribution in [2.45, 2.75) is 25.7 Å². The van der Waals surface area contributed by atoms with Gasteiger partial charge in [-0.05, 0) is 37.0 Å². The summed E-state index contributed by atoms with van der Waals surface area (Å²) >= 11 is 0. The largest absolute Gasteiger partial charge is 0.340 e. The number of carbonyl (C=O) groups excluding carboxylic acids is 1. The van der Waals surface area contributed by atoms with E-state index in [0.717, 1.165) is 57.6 Å². The Labute approximate surface area is 143 Å². The molecule has 1 saturated heterocycles. The number of carbonyl (C=O) groups is 1. The van der Waals surface area contributed by atoms with E-state index in [4.69, 9.17) is 0 Å². The lowest BCUT2D eigenvalue weighted by Crippen LogP contribution is -2.51. The number of hydrogen-bond acceptors (Lipinski definition) is 3. The van der Waals surface area contributed by atoms with Gasteiger partial charge in [-0.15, -0.1) is 0 Å². The number of amides is 1. The van der Waals surface area contributed by atoms with Crippen LogP contribution in [0.5, 0.6) is 0 Å². The predicted molar refractivity (Wildman–Crippen MR) is 94.8 cm³/mol. The van der Waals surface area contributed by atoms with Crippen LogP contribution in [0.15, 0.2) is 24.5 Å². The molecule has 2 aliphatic rings. The maximum absolute atomic E-state index is 12.3. The summed E-state index contributed by atoms with van der Waals surface area (Å²) in [5.74, 6) is 0.737. The Bertz CT molecular complexity index is 726. The van der Waals surface area contributed by atoms with E-state index in [9.17, 15) is 4.79 Å². The quantitative estimate of drug-likeness (QED) is 0.864. The zero-order valence-electron chi connectivity index (χ0n) is 14.4. The fraction of sp³-hybridized carbons (Fsp3) is 0.579. The van der Waals surface area contributed by atoms with Crippen molar-refractivity contribution in [1.82, 2.24) is 19.4 Å². The van der Waals surface area contributed by atoms with Crippen LogP contribution in [-0.2, 0) is 18.3 Å². The molecule has 5 heteroatoms. The fourth-order valence-corrected chi connectivity index (χ4v) is 3.88. The monoisotopic (exact) mass is 326 g/mol. The van der Waals surface area contributed by atoms with Crippen LogP contribution in [-0.4, -0.2) is 58.0 Å². The molecule has 1 aliphatic carbocycles. The van der Waals surface area contributed by atoms with Gasteiger partial charge in [-0.3, -0.25) is 9.69 Å². The molecule has 2 aromatic heterocycles. The number of fused-ring (bicyclic) bond motifs is 1. The van der Waals surface area contributed by atoms with E-state index in [0.29, 0.717) is 11.8 Å². The van der Waals surface area contributed by atoms with Gasteiger partial charge in [-0.1, -0.05) is 6.42 Å². The Hall–Kier alpha value is -1.88.